The van der Waals surface area contributed by atoms with E-state index in [-0.39, 0.29) is 22.0 Å². The van der Waals surface area contributed by atoms with Crippen molar-refractivity contribution in [2.75, 3.05) is 5.73 Å². The van der Waals surface area contributed by atoms with Gasteiger partial charge in [-0.3, -0.25) is 0 Å². The van der Waals surface area contributed by atoms with E-state index in [2.05, 4.69) is 4.98 Å². The van der Waals surface area contributed by atoms with Crippen LogP contribution in [0.4, 0.5) is 18.9 Å². The summed E-state index contributed by atoms with van der Waals surface area (Å²) in [5, 5.41) is -0.123. The van der Waals surface area contributed by atoms with Crippen LogP contribution >= 0.6 is 11.6 Å². The molecule has 0 radical (unpaired) electrons. The van der Waals surface area contributed by atoms with E-state index in [0.717, 1.165) is 12.1 Å². The molecule has 2 aromatic rings. The lowest BCUT2D eigenvalue weighted by Gasteiger charge is -2.06. The molecule has 6 heteroatoms. The van der Waals surface area contributed by atoms with Gasteiger partial charge in [0, 0.05) is 17.7 Å². The van der Waals surface area contributed by atoms with Crippen molar-refractivity contribution in [1.82, 2.24) is 4.98 Å². The fourth-order valence-corrected chi connectivity index (χ4v) is 1.61. The van der Waals surface area contributed by atoms with Crippen LogP contribution in [-0.2, 0) is 0 Å². The zero-order chi connectivity index (χ0) is 12.6. The average Bonchev–Trinajstić information content (AvgIpc) is 2.22. The highest BCUT2D eigenvalue weighted by Crippen LogP contribution is 2.28. The minimum absolute atomic E-state index is 0.0351. The Balaban J connectivity index is 2.64. The molecule has 0 aliphatic carbocycles. The average molecular weight is 259 g/mol. The standard InChI is InChI=1S/C11H6ClF3N2/c12-10-1-5(2-11(15)17-10)6-3-9(16)8(14)4-7(6)13/h1-4H,16H2. The number of nitrogens with two attached hydrogens (primary N) is 1. The number of hydrogen-bond donors (Lipinski definition) is 1. The van der Waals surface area contributed by atoms with E-state index in [1.807, 2.05) is 0 Å². The first-order valence-electron chi connectivity index (χ1n) is 4.55. The molecule has 0 saturated heterocycles. The summed E-state index contributed by atoms with van der Waals surface area (Å²) >= 11 is 5.54. The van der Waals surface area contributed by atoms with Gasteiger partial charge in [0.2, 0.25) is 5.95 Å². The van der Waals surface area contributed by atoms with Crippen molar-refractivity contribution >= 4 is 17.3 Å². The summed E-state index contributed by atoms with van der Waals surface area (Å²) in [6, 6.07) is 3.97. The predicted octanol–water partition coefficient (Wildman–Crippen LogP) is 3.40. The Labute approximate surface area is 99.8 Å². The monoisotopic (exact) mass is 258 g/mol. The number of nitrogens with zero attached hydrogens (tertiary/aromatic N) is 1. The van der Waals surface area contributed by atoms with Gasteiger partial charge in [0.1, 0.15) is 16.8 Å². The largest absolute Gasteiger partial charge is 0.396 e. The van der Waals surface area contributed by atoms with E-state index in [0.29, 0.717) is 6.07 Å². The van der Waals surface area contributed by atoms with E-state index in [1.54, 1.807) is 0 Å². The fraction of sp³-hybridized carbons (Fsp3) is 0. The van der Waals surface area contributed by atoms with Crippen LogP contribution in [0.1, 0.15) is 0 Å². The first kappa shape index (κ1) is 11.7. The second kappa shape index (κ2) is 4.25. The molecular weight excluding hydrogens is 253 g/mol. The minimum atomic E-state index is -0.869. The minimum Gasteiger partial charge on any atom is -0.396 e. The molecule has 2 nitrogen and oxygen atoms in total. The van der Waals surface area contributed by atoms with Crippen molar-refractivity contribution in [3.8, 4) is 11.1 Å². The van der Waals surface area contributed by atoms with Crippen LogP contribution in [0.2, 0.25) is 5.15 Å². The molecule has 0 aliphatic heterocycles. The van der Waals surface area contributed by atoms with Gasteiger partial charge >= 0.3 is 0 Å². The quantitative estimate of drug-likeness (QED) is 0.629. The van der Waals surface area contributed by atoms with Gasteiger partial charge in [-0.05, 0) is 17.7 Å². The second-order valence-electron chi connectivity index (χ2n) is 3.35. The molecule has 0 amide bonds. The highest BCUT2D eigenvalue weighted by molar-refractivity contribution is 6.29. The van der Waals surface area contributed by atoms with Crippen molar-refractivity contribution in [1.29, 1.82) is 0 Å². The van der Waals surface area contributed by atoms with Crippen LogP contribution in [0.3, 0.4) is 0 Å². The molecule has 0 bridgehead atoms. The van der Waals surface area contributed by atoms with Crippen LogP contribution in [0.15, 0.2) is 24.3 Å². The molecule has 1 aromatic heterocycles. The number of anilines is 1. The Hall–Kier alpha value is -1.75. The van der Waals surface area contributed by atoms with E-state index >= 15 is 0 Å². The molecule has 1 aromatic carbocycles. The Bertz CT molecular complexity index is 567. The number of pyridine rings is 1. The topological polar surface area (TPSA) is 38.9 Å². The van der Waals surface area contributed by atoms with Gasteiger partial charge in [-0.2, -0.15) is 4.39 Å². The third-order valence-corrected chi connectivity index (χ3v) is 2.35. The molecule has 2 rings (SSSR count). The fourth-order valence-electron chi connectivity index (χ4n) is 1.41. The SMILES string of the molecule is Nc1cc(-c2cc(F)nc(Cl)c2)c(F)cc1F. The Morgan fingerprint density at radius 1 is 1.00 bits per heavy atom. The zero-order valence-electron chi connectivity index (χ0n) is 8.35. The summed E-state index contributed by atoms with van der Waals surface area (Å²) in [5.41, 5.74) is 5.20. The highest BCUT2D eigenvalue weighted by Gasteiger charge is 2.11. The van der Waals surface area contributed by atoms with E-state index < -0.39 is 17.6 Å². The predicted molar refractivity (Wildman–Crippen MR) is 59.0 cm³/mol. The van der Waals surface area contributed by atoms with Crippen LogP contribution in [0.5, 0.6) is 0 Å². The zero-order valence-corrected chi connectivity index (χ0v) is 9.10. The summed E-state index contributed by atoms with van der Waals surface area (Å²) in [6.07, 6.45) is 0. The number of halogens is 4. The Morgan fingerprint density at radius 2 is 1.71 bits per heavy atom. The lowest BCUT2D eigenvalue weighted by molar-refractivity contribution is 0.582. The number of hydrogen-bond acceptors (Lipinski definition) is 2. The van der Waals surface area contributed by atoms with Gasteiger partial charge in [0.05, 0.1) is 5.69 Å². The molecule has 0 aliphatic rings. The molecule has 0 unspecified atom stereocenters. The molecule has 17 heavy (non-hydrogen) atoms. The summed E-state index contributed by atoms with van der Waals surface area (Å²) in [4.78, 5) is 3.30. The Morgan fingerprint density at radius 3 is 2.35 bits per heavy atom. The summed E-state index contributed by atoms with van der Waals surface area (Å²) in [7, 11) is 0. The molecule has 0 fully saturated rings. The summed E-state index contributed by atoms with van der Waals surface area (Å²) in [6.45, 7) is 0. The molecular formula is C11H6ClF3N2. The molecule has 0 atom stereocenters. The van der Waals surface area contributed by atoms with Crippen molar-refractivity contribution in [2.24, 2.45) is 0 Å². The molecule has 0 saturated carbocycles. The lowest BCUT2D eigenvalue weighted by Crippen LogP contribution is -1.95. The normalized spacial score (nSPS) is 10.6. The van der Waals surface area contributed by atoms with E-state index in [1.165, 1.54) is 6.07 Å². The third-order valence-electron chi connectivity index (χ3n) is 2.16. The molecule has 88 valence electrons. The van der Waals surface area contributed by atoms with Crippen molar-refractivity contribution in [3.63, 3.8) is 0 Å². The maximum Gasteiger partial charge on any atom is 0.214 e. The van der Waals surface area contributed by atoms with Gasteiger partial charge in [-0.25, -0.2) is 13.8 Å². The number of benzene rings is 1. The van der Waals surface area contributed by atoms with Gasteiger partial charge in [0.25, 0.3) is 0 Å². The highest BCUT2D eigenvalue weighted by atomic mass is 35.5. The number of aromatic nitrogens is 1. The molecule has 1 heterocycles. The third kappa shape index (κ3) is 2.34. The smallest absolute Gasteiger partial charge is 0.214 e. The maximum atomic E-state index is 13.5. The molecule has 2 N–H and O–H groups in total. The van der Waals surface area contributed by atoms with Gasteiger partial charge in [-0.1, -0.05) is 11.6 Å². The number of nitrogen functional groups attached to an aromatic ring is 1. The summed E-state index contributed by atoms with van der Waals surface area (Å²) in [5.74, 6) is -2.57. The lowest BCUT2D eigenvalue weighted by atomic mass is 10.1. The van der Waals surface area contributed by atoms with Gasteiger partial charge < -0.3 is 5.73 Å². The van der Waals surface area contributed by atoms with Crippen molar-refractivity contribution in [2.45, 2.75) is 0 Å². The first-order valence-corrected chi connectivity index (χ1v) is 4.93. The molecule has 0 spiro atoms. The van der Waals surface area contributed by atoms with Crippen LogP contribution in [0, 0.1) is 17.6 Å². The Kier molecular flexibility index (Phi) is 2.93. The maximum absolute atomic E-state index is 13.5. The number of rotatable bonds is 1. The second-order valence-corrected chi connectivity index (χ2v) is 3.74. The van der Waals surface area contributed by atoms with Gasteiger partial charge in [0.15, 0.2) is 0 Å². The van der Waals surface area contributed by atoms with Crippen molar-refractivity contribution < 1.29 is 13.2 Å². The van der Waals surface area contributed by atoms with Crippen LogP contribution in [-0.4, -0.2) is 4.98 Å². The first-order chi connectivity index (χ1) is 7.97. The van der Waals surface area contributed by atoms with Crippen LogP contribution < -0.4 is 5.73 Å². The van der Waals surface area contributed by atoms with E-state index in [9.17, 15) is 13.2 Å². The van der Waals surface area contributed by atoms with Gasteiger partial charge in [-0.15, -0.1) is 0 Å². The van der Waals surface area contributed by atoms with E-state index in [4.69, 9.17) is 17.3 Å². The summed E-state index contributed by atoms with van der Waals surface area (Å²) < 4.78 is 39.5. The van der Waals surface area contributed by atoms with Crippen LogP contribution in [0.25, 0.3) is 11.1 Å². The van der Waals surface area contributed by atoms with Crippen molar-refractivity contribution in [3.05, 3.63) is 47.0 Å².